The average molecular weight is 367 g/mol. The molecule has 0 amide bonds. The molecule has 2 aliphatic rings. The Hall–Kier alpha value is -1.88. The first kappa shape index (κ1) is 18.5. The van der Waals surface area contributed by atoms with Crippen molar-refractivity contribution < 1.29 is 9.84 Å². The van der Waals surface area contributed by atoms with Gasteiger partial charge in [-0.15, -0.1) is 0 Å². The quantitative estimate of drug-likeness (QED) is 0.883. The van der Waals surface area contributed by atoms with E-state index in [9.17, 15) is 5.11 Å². The minimum absolute atomic E-state index is 0.310. The Morgan fingerprint density at radius 1 is 0.889 bits per heavy atom. The van der Waals surface area contributed by atoms with Gasteiger partial charge in [-0.25, -0.2) is 0 Å². The van der Waals surface area contributed by atoms with E-state index in [1.54, 1.807) is 7.11 Å². The van der Waals surface area contributed by atoms with Gasteiger partial charge in [0, 0.05) is 32.7 Å². The van der Waals surface area contributed by atoms with Crippen molar-refractivity contribution in [3.8, 4) is 5.75 Å². The number of aliphatic hydroxyl groups excluding tert-OH is 1. The normalized spacial score (nSPS) is 19.0. The highest BCUT2D eigenvalue weighted by Crippen LogP contribution is 2.24. The smallest absolute Gasteiger partial charge is 0.119 e. The van der Waals surface area contributed by atoms with Gasteiger partial charge in [0.05, 0.1) is 13.2 Å². The van der Waals surface area contributed by atoms with E-state index < -0.39 is 0 Å². The number of hydrogen-bond donors (Lipinski definition) is 1. The summed E-state index contributed by atoms with van der Waals surface area (Å²) < 4.78 is 5.36. The summed E-state index contributed by atoms with van der Waals surface area (Å²) in [6.07, 6.45) is 2.99. The third-order valence-corrected chi connectivity index (χ3v) is 5.88. The predicted octanol–water partition coefficient (Wildman–Crippen LogP) is 2.86. The maximum Gasteiger partial charge on any atom is 0.119 e. The number of aryl methyl sites for hydroxylation is 1. The van der Waals surface area contributed by atoms with Crippen molar-refractivity contribution in [2.45, 2.75) is 38.5 Å². The maximum atomic E-state index is 10.7. The number of benzene rings is 2. The maximum absolute atomic E-state index is 10.7. The Labute approximate surface area is 162 Å². The second-order valence-electron chi connectivity index (χ2n) is 7.88. The topological polar surface area (TPSA) is 35.9 Å². The first-order chi connectivity index (χ1) is 13.2. The summed E-state index contributed by atoms with van der Waals surface area (Å²) in [5.74, 6) is 0.938. The number of aliphatic hydroxyl groups is 1. The molecule has 0 saturated heterocycles. The van der Waals surface area contributed by atoms with Crippen LogP contribution in [0.4, 0.5) is 0 Å². The molecule has 4 rings (SSSR count). The predicted molar refractivity (Wildman–Crippen MR) is 108 cm³/mol. The molecule has 144 valence electrons. The fraction of sp³-hybridized carbons (Fsp3) is 0.478. The number of ether oxygens (including phenoxy) is 1. The van der Waals surface area contributed by atoms with Gasteiger partial charge in [0.1, 0.15) is 5.75 Å². The van der Waals surface area contributed by atoms with Gasteiger partial charge in [-0.2, -0.15) is 0 Å². The molecule has 1 unspecified atom stereocenters. The van der Waals surface area contributed by atoms with E-state index in [2.05, 4.69) is 46.2 Å². The van der Waals surface area contributed by atoms with E-state index in [-0.39, 0.29) is 6.10 Å². The lowest BCUT2D eigenvalue weighted by molar-refractivity contribution is 0.0671. The Kier molecular flexibility index (Phi) is 5.77. The van der Waals surface area contributed by atoms with Crippen LogP contribution in [0.5, 0.6) is 5.75 Å². The minimum Gasteiger partial charge on any atom is -0.497 e. The van der Waals surface area contributed by atoms with Crippen LogP contribution in [-0.4, -0.2) is 54.3 Å². The van der Waals surface area contributed by atoms with Crippen molar-refractivity contribution in [2.24, 2.45) is 0 Å². The van der Waals surface area contributed by atoms with Gasteiger partial charge in [-0.1, -0.05) is 30.3 Å². The monoisotopic (exact) mass is 366 g/mol. The zero-order valence-corrected chi connectivity index (χ0v) is 16.2. The summed E-state index contributed by atoms with van der Waals surface area (Å²) in [6.45, 7) is 5.44. The summed E-state index contributed by atoms with van der Waals surface area (Å²) in [7, 11) is 1.72. The molecule has 1 N–H and O–H groups in total. The fourth-order valence-electron chi connectivity index (χ4n) is 4.45. The third kappa shape index (κ3) is 4.52. The van der Waals surface area contributed by atoms with Crippen LogP contribution >= 0.6 is 0 Å². The van der Waals surface area contributed by atoms with Gasteiger partial charge >= 0.3 is 0 Å². The van der Waals surface area contributed by atoms with Gasteiger partial charge in [0.25, 0.3) is 0 Å². The summed E-state index contributed by atoms with van der Waals surface area (Å²) in [5.41, 5.74) is 5.63. The van der Waals surface area contributed by atoms with Gasteiger partial charge in [0.15, 0.2) is 0 Å². The Balaban J connectivity index is 1.33. The van der Waals surface area contributed by atoms with Crippen molar-refractivity contribution in [1.82, 2.24) is 9.80 Å². The highest BCUT2D eigenvalue weighted by Gasteiger charge is 2.21. The number of methoxy groups -OCH3 is 1. The Bertz CT molecular complexity index is 777. The standard InChI is InChI=1S/C23H30N2O2/c1-27-23-9-8-21-15-24(11-4-7-19(21)13-23)16-22(26)17-25-12-10-18-5-2-3-6-20(18)14-25/h2-3,5-6,8-9,13,22,26H,4,7,10-12,14-17H2,1H3. The number of rotatable bonds is 5. The molecule has 2 aromatic carbocycles. The Morgan fingerprint density at radius 2 is 1.59 bits per heavy atom. The summed E-state index contributed by atoms with van der Waals surface area (Å²) >= 11 is 0. The second-order valence-corrected chi connectivity index (χ2v) is 7.88. The Morgan fingerprint density at radius 3 is 2.37 bits per heavy atom. The van der Waals surface area contributed by atoms with Crippen LogP contribution in [0.25, 0.3) is 0 Å². The van der Waals surface area contributed by atoms with E-state index in [0.717, 1.165) is 64.3 Å². The van der Waals surface area contributed by atoms with Crippen LogP contribution in [0.2, 0.25) is 0 Å². The van der Waals surface area contributed by atoms with Crippen molar-refractivity contribution in [1.29, 1.82) is 0 Å². The van der Waals surface area contributed by atoms with Gasteiger partial charge in [-0.05, 0) is 60.2 Å². The van der Waals surface area contributed by atoms with Crippen LogP contribution in [0, 0.1) is 0 Å². The van der Waals surface area contributed by atoms with E-state index in [1.165, 1.54) is 22.3 Å². The number of β-amino-alcohol motifs (C(OH)–C–C–N with tert-alkyl or cyclic N) is 1. The van der Waals surface area contributed by atoms with Crippen molar-refractivity contribution in [2.75, 3.05) is 33.3 Å². The van der Waals surface area contributed by atoms with Crippen molar-refractivity contribution in [3.05, 3.63) is 64.7 Å². The van der Waals surface area contributed by atoms with Gasteiger partial charge < -0.3 is 9.84 Å². The summed E-state index contributed by atoms with van der Waals surface area (Å²) in [4.78, 5) is 4.80. The van der Waals surface area contributed by atoms with Gasteiger partial charge in [-0.3, -0.25) is 9.80 Å². The lowest BCUT2D eigenvalue weighted by atomic mass is 10.00. The molecular weight excluding hydrogens is 336 g/mol. The molecule has 2 aromatic rings. The molecule has 1 atom stereocenters. The lowest BCUT2D eigenvalue weighted by Gasteiger charge is -2.32. The molecule has 2 heterocycles. The molecule has 0 bridgehead atoms. The molecule has 2 aliphatic heterocycles. The first-order valence-corrected chi connectivity index (χ1v) is 10.1. The van der Waals surface area contributed by atoms with Crippen molar-refractivity contribution in [3.63, 3.8) is 0 Å². The van der Waals surface area contributed by atoms with Gasteiger partial charge in [0.2, 0.25) is 0 Å². The SMILES string of the molecule is COc1ccc2c(c1)CCCN(CC(O)CN1CCc3ccccc3C1)C2. The fourth-order valence-corrected chi connectivity index (χ4v) is 4.45. The van der Waals surface area contributed by atoms with E-state index in [4.69, 9.17) is 4.74 Å². The molecule has 4 nitrogen and oxygen atoms in total. The molecule has 0 saturated carbocycles. The van der Waals surface area contributed by atoms with Crippen LogP contribution in [0.15, 0.2) is 42.5 Å². The average Bonchev–Trinajstić information content (AvgIpc) is 2.88. The molecule has 0 aromatic heterocycles. The molecule has 4 heteroatoms. The third-order valence-electron chi connectivity index (χ3n) is 5.88. The van der Waals surface area contributed by atoms with E-state index >= 15 is 0 Å². The summed E-state index contributed by atoms with van der Waals surface area (Å²) in [6, 6.07) is 15.1. The largest absolute Gasteiger partial charge is 0.497 e. The second kappa shape index (κ2) is 8.42. The molecule has 27 heavy (non-hydrogen) atoms. The van der Waals surface area contributed by atoms with E-state index in [1.807, 2.05) is 6.07 Å². The van der Waals surface area contributed by atoms with E-state index in [0.29, 0.717) is 0 Å². The number of nitrogens with zero attached hydrogens (tertiary/aromatic N) is 2. The summed E-state index contributed by atoms with van der Waals surface area (Å²) in [5, 5.41) is 10.7. The van der Waals surface area contributed by atoms with Crippen LogP contribution in [0.3, 0.4) is 0 Å². The number of hydrogen-bond acceptors (Lipinski definition) is 4. The zero-order valence-electron chi connectivity index (χ0n) is 16.2. The molecule has 0 radical (unpaired) electrons. The number of fused-ring (bicyclic) bond motifs is 2. The van der Waals surface area contributed by atoms with Crippen LogP contribution < -0.4 is 4.74 Å². The van der Waals surface area contributed by atoms with Crippen molar-refractivity contribution >= 4 is 0 Å². The zero-order chi connectivity index (χ0) is 18.6. The molecule has 0 spiro atoms. The molecule has 0 fully saturated rings. The molecule has 0 aliphatic carbocycles. The highest BCUT2D eigenvalue weighted by atomic mass is 16.5. The highest BCUT2D eigenvalue weighted by molar-refractivity contribution is 5.36. The lowest BCUT2D eigenvalue weighted by Crippen LogP contribution is -2.42. The van der Waals surface area contributed by atoms with Crippen LogP contribution in [0.1, 0.15) is 28.7 Å². The van der Waals surface area contributed by atoms with Crippen LogP contribution in [-0.2, 0) is 25.9 Å². The molecular formula is C23H30N2O2. The first-order valence-electron chi connectivity index (χ1n) is 10.1. The minimum atomic E-state index is -0.310.